The lowest BCUT2D eigenvalue weighted by Gasteiger charge is -2.31. The number of rotatable bonds is 4. The number of benzene rings is 1. The van der Waals surface area contributed by atoms with Gasteiger partial charge in [-0.2, -0.15) is 0 Å². The number of nitrogens with zero attached hydrogens (tertiary/aromatic N) is 4. The Morgan fingerprint density at radius 1 is 1.21 bits per heavy atom. The van der Waals surface area contributed by atoms with Gasteiger partial charge in [0, 0.05) is 31.6 Å². The maximum absolute atomic E-state index is 13.8. The van der Waals surface area contributed by atoms with Crippen LogP contribution in [0.4, 0.5) is 13.2 Å². The molecule has 1 aromatic carbocycles. The Morgan fingerprint density at radius 3 is 2.38 bits per heavy atom. The number of hydrogen-bond acceptors (Lipinski definition) is 4. The number of ketones is 1. The van der Waals surface area contributed by atoms with Gasteiger partial charge in [-0.15, -0.1) is 5.10 Å². The largest absolute Gasteiger partial charge is 0.297 e. The third-order valence-corrected chi connectivity index (χ3v) is 4.41. The second-order valence-electron chi connectivity index (χ2n) is 6.01. The second-order valence-corrected chi connectivity index (χ2v) is 6.01. The van der Waals surface area contributed by atoms with E-state index < -0.39 is 34.7 Å². The number of carbonyl (C=O) groups excluding carboxylic acids is 1. The third kappa shape index (κ3) is 3.33. The van der Waals surface area contributed by atoms with Crippen molar-refractivity contribution in [1.29, 1.82) is 0 Å². The summed E-state index contributed by atoms with van der Waals surface area (Å²) in [6, 6.07) is 1.09. The lowest BCUT2D eigenvalue weighted by atomic mass is 9.88. The molecule has 0 N–H and O–H groups in total. The van der Waals surface area contributed by atoms with Gasteiger partial charge in [-0.05, 0) is 25.9 Å². The van der Waals surface area contributed by atoms with Crippen molar-refractivity contribution in [2.75, 3.05) is 13.1 Å². The van der Waals surface area contributed by atoms with Crippen molar-refractivity contribution < 1.29 is 18.0 Å². The van der Waals surface area contributed by atoms with Crippen molar-refractivity contribution in [3.8, 4) is 0 Å². The molecule has 2 aromatic rings. The molecule has 5 nitrogen and oxygen atoms in total. The van der Waals surface area contributed by atoms with Crippen LogP contribution in [-0.2, 0) is 13.6 Å². The quantitative estimate of drug-likeness (QED) is 0.803. The molecule has 1 fully saturated rings. The highest BCUT2D eigenvalue weighted by Crippen LogP contribution is 2.26. The summed E-state index contributed by atoms with van der Waals surface area (Å²) < 4.78 is 42.2. The van der Waals surface area contributed by atoms with Gasteiger partial charge in [-0.1, -0.05) is 5.21 Å². The topological polar surface area (TPSA) is 51.0 Å². The van der Waals surface area contributed by atoms with Gasteiger partial charge in [-0.25, -0.2) is 13.2 Å². The summed E-state index contributed by atoms with van der Waals surface area (Å²) in [6.07, 6.45) is 2.68. The number of likely N-dealkylation sites (tertiary alicyclic amines) is 1. The van der Waals surface area contributed by atoms with E-state index in [1.165, 1.54) is 0 Å². The van der Waals surface area contributed by atoms with E-state index in [9.17, 15) is 18.0 Å². The molecule has 1 aromatic heterocycles. The Hall–Kier alpha value is -2.22. The number of halogens is 3. The molecule has 8 heteroatoms. The van der Waals surface area contributed by atoms with Gasteiger partial charge < -0.3 is 0 Å². The minimum Gasteiger partial charge on any atom is -0.297 e. The van der Waals surface area contributed by atoms with Crippen LogP contribution in [0.25, 0.3) is 0 Å². The molecule has 0 spiro atoms. The van der Waals surface area contributed by atoms with E-state index in [4.69, 9.17) is 0 Å². The van der Waals surface area contributed by atoms with E-state index in [1.807, 2.05) is 0 Å². The Kier molecular flexibility index (Phi) is 4.66. The summed E-state index contributed by atoms with van der Waals surface area (Å²) in [6.45, 7) is 1.92. The Balaban J connectivity index is 1.64. The molecule has 128 valence electrons. The average molecular weight is 338 g/mol. The predicted octanol–water partition coefficient (Wildman–Crippen LogP) is 2.33. The zero-order chi connectivity index (χ0) is 17.3. The Bertz CT molecular complexity index is 731. The zero-order valence-corrected chi connectivity index (χ0v) is 13.2. The number of aromatic nitrogens is 3. The van der Waals surface area contributed by atoms with Gasteiger partial charge in [0.05, 0.1) is 17.5 Å². The van der Waals surface area contributed by atoms with Gasteiger partial charge in [0.15, 0.2) is 5.78 Å². The van der Waals surface area contributed by atoms with Crippen molar-refractivity contribution >= 4 is 5.78 Å². The fourth-order valence-corrected chi connectivity index (χ4v) is 3.02. The smallest absolute Gasteiger partial charge is 0.171 e. The number of Topliss-reactive ketones (excluding diaryl/α,β-unsaturated/α-hetero) is 1. The summed E-state index contributed by atoms with van der Waals surface area (Å²) >= 11 is 0. The zero-order valence-electron chi connectivity index (χ0n) is 13.2. The molecule has 1 aliphatic heterocycles. The maximum atomic E-state index is 13.8. The first-order chi connectivity index (χ1) is 11.5. The average Bonchev–Trinajstić information content (AvgIpc) is 2.92. The van der Waals surface area contributed by atoms with E-state index in [2.05, 4.69) is 15.2 Å². The molecule has 0 aliphatic carbocycles. The van der Waals surface area contributed by atoms with Crippen LogP contribution in [0.3, 0.4) is 0 Å². The van der Waals surface area contributed by atoms with Crippen LogP contribution in [0.15, 0.2) is 18.3 Å². The molecule has 24 heavy (non-hydrogen) atoms. The van der Waals surface area contributed by atoms with Crippen LogP contribution in [0.5, 0.6) is 0 Å². The van der Waals surface area contributed by atoms with Gasteiger partial charge >= 0.3 is 0 Å². The molecule has 0 amide bonds. The Labute approximate surface area is 137 Å². The highest BCUT2D eigenvalue weighted by Gasteiger charge is 2.30. The van der Waals surface area contributed by atoms with Crippen molar-refractivity contribution in [2.24, 2.45) is 13.0 Å². The molecule has 0 unspecified atom stereocenters. The van der Waals surface area contributed by atoms with Gasteiger partial charge in [-0.3, -0.25) is 14.4 Å². The van der Waals surface area contributed by atoms with E-state index in [0.29, 0.717) is 44.6 Å². The summed E-state index contributed by atoms with van der Waals surface area (Å²) in [5.41, 5.74) is 0.320. The number of aryl methyl sites for hydroxylation is 1. The van der Waals surface area contributed by atoms with Gasteiger partial charge in [0.1, 0.15) is 17.5 Å². The highest BCUT2D eigenvalue weighted by molar-refractivity contribution is 5.98. The molecule has 0 saturated carbocycles. The fraction of sp³-hybridized carbons (Fsp3) is 0.438. The summed E-state index contributed by atoms with van der Waals surface area (Å²) in [7, 11) is 1.80. The van der Waals surface area contributed by atoms with Crippen molar-refractivity contribution in [3.63, 3.8) is 0 Å². The SMILES string of the molecule is Cn1nncc1CN1CCC(C(=O)c2c(F)cc(F)cc2F)CC1. The van der Waals surface area contributed by atoms with E-state index in [1.54, 1.807) is 17.9 Å². The first-order valence-corrected chi connectivity index (χ1v) is 7.70. The molecule has 0 bridgehead atoms. The highest BCUT2D eigenvalue weighted by atomic mass is 19.1. The number of carbonyl (C=O) groups is 1. The summed E-state index contributed by atoms with van der Waals surface area (Å²) in [5, 5.41) is 7.68. The van der Waals surface area contributed by atoms with E-state index in [0.717, 1.165) is 5.69 Å². The monoisotopic (exact) mass is 338 g/mol. The van der Waals surface area contributed by atoms with Crippen LogP contribution in [0, 0.1) is 23.4 Å². The van der Waals surface area contributed by atoms with Crippen molar-refractivity contribution in [3.05, 3.63) is 47.0 Å². The third-order valence-electron chi connectivity index (χ3n) is 4.41. The molecule has 1 saturated heterocycles. The minimum atomic E-state index is -1.14. The second kappa shape index (κ2) is 6.72. The van der Waals surface area contributed by atoms with E-state index >= 15 is 0 Å². The standard InChI is InChI=1S/C16H17F3N4O/c1-22-12(8-20-21-22)9-23-4-2-10(3-5-23)16(24)15-13(18)6-11(17)7-14(15)19/h6-8,10H,2-5,9H2,1H3. The van der Waals surface area contributed by atoms with Crippen LogP contribution >= 0.6 is 0 Å². The first-order valence-electron chi connectivity index (χ1n) is 7.70. The predicted molar refractivity (Wildman–Crippen MR) is 79.7 cm³/mol. The molecule has 0 radical (unpaired) electrons. The molecule has 1 aliphatic rings. The molecule has 3 rings (SSSR count). The van der Waals surface area contributed by atoms with Crippen molar-refractivity contribution in [2.45, 2.75) is 19.4 Å². The fourth-order valence-electron chi connectivity index (χ4n) is 3.02. The molecule has 2 heterocycles. The Morgan fingerprint density at radius 2 is 1.83 bits per heavy atom. The lowest BCUT2D eigenvalue weighted by Crippen LogP contribution is -2.36. The van der Waals surface area contributed by atoms with Crippen LogP contribution < -0.4 is 0 Å². The summed E-state index contributed by atoms with van der Waals surface area (Å²) in [4.78, 5) is 14.5. The minimum absolute atomic E-state index is 0.458. The molecular formula is C16H17F3N4O. The molecule has 0 atom stereocenters. The number of hydrogen-bond donors (Lipinski definition) is 0. The normalized spacial score (nSPS) is 16.5. The summed E-state index contributed by atoms with van der Waals surface area (Å²) in [5.74, 6) is -4.35. The number of piperidine rings is 1. The maximum Gasteiger partial charge on any atom is 0.171 e. The van der Waals surface area contributed by atoms with Crippen LogP contribution in [0.1, 0.15) is 28.9 Å². The van der Waals surface area contributed by atoms with Crippen LogP contribution in [0.2, 0.25) is 0 Å². The lowest BCUT2D eigenvalue weighted by molar-refractivity contribution is 0.0824. The first kappa shape index (κ1) is 16.6. The molecular weight excluding hydrogens is 321 g/mol. The van der Waals surface area contributed by atoms with Gasteiger partial charge in [0.2, 0.25) is 0 Å². The van der Waals surface area contributed by atoms with Crippen LogP contribution in [-0.4, -0.2) is 38.8 Å². The van der Waals surface area contributed by atoms with E-state index in [-0.39, 0.29) is 0 Å². The van der Waals surface area contributed by atoms with Gasteiger partial charge in [0.25, 0.3) is 0 Å². The van der Waals surface area contributed by atoms with Crippen molar-refractivity contribution in [1.82, 2.24) is 19.9 Å².